The van der Waals surface area contributed by atoms with Gasteiger partial charge in [-0.05, 0) is 59.5 Å². The van der Waals surface area contributed by atoms with E-state index < -0.39 is 0 Å². The average molecular weight is 303 g/mol. The molecular formula is C22H25N. The van der Waals surface area contributed by atoms with Crippen LogP contribution in [0.2, 0.25) is 0 Å². The van der Waals surface area contributed by atoms with Gasteiger partial charge in [-0.25, -0.2) is 0 Å². The molecule has 0 amide bonds. The predicted molar refractivity (Wildman–Crippen MR) is 102 cm³/mol. The van der Waals surface area contributed by atoms with Gasteiger partial charge in [-0.2, -0.15) is 0 Å². The molecule has 1 nitrogen and oxygen atoms in total. The summed E-state index contributed by atoms with van der Waals surface area (Å²) >= 11 is 0. The van der Waals surface area contributed by atoms with E-state index in [2.05, 4.69) is 86.4 Å². The summed E-state index contributed by atoms with van der Waals surface area (Å²) in [4.78, 5) is 2.48. The normalized spacial score (nSPS) is 18.1. The van der Waals surface area contributed by atoms with Gasteiger partial charge in [0, 0.05) is 6.54 Å². The highest BCUT2D eigenvalue weighted by Gasteiger charge is 2.14. The smallest absolute Gasteiger partial charge is 0.0239 e. The number of allylic oxidation sites excluding steroid dienone is 1. The van der Waals surface area contributed by atoms with Crippen molar-refractivity contribution in [2.45, 2.75) is 20.8 Å². The lowest BCUT2D eigenvalue weighted by Gasteiger charge is -2.23. The topological polar surface area (TPSA) is 3.24 Å². The van der Waals surface area contributed by atoms with Crippen molar-refractivity contribution >= 4 is 23.3 Å². The third-order valence-electron chi connectivity index (χ3n) is 4.68. The molecule has 0 unspecified atom stereocenters. The quantitative estimate of drug-likeness (QED) is 0.726. The molecule has 0 radical (unpaired) electrons. The molecular weight excluding hydrogens is 278 g/mol. The highest BCUT2D eigenvalue weighted by molar-refractivity contribution is 5.96. The molecule has 0 aromatic heterocycles. The Kier molecular flexibility index (Phi) is 4.78. The lowest BCUT2D eigenvalue weighted by atomic mass is 9.89. The van der Waals surface area contributed by atoms with Crippen LogP contribution in [0.25, 0.3) is 23.3 Å². The first-order valence-electron chi connectivity index (χ1n) is 8.53. The second-order valence-corrected chi connectivity index (χ2v) is 6.13. The maximum absolute atomic E-state index is 2.48. The number of benzene rings is 2. The van der Waals surface area contributed by atoms with Gasteiger partial charge in [0.15, 0.2) is 0 Å². The van der Waals surface area contributed by atoms with Crippen LogP contribution < -0.4 is 0 Å². The van der Waals surface area contributed by atoms with Gasteiger partial charge in [-0.1, -0.05) is 68.5 Å². The number of hydrogen-bond acceptors (Lipinski definition) is 1. The van der Waals surface area contributed by atoms with Crippen LogP contribution in [0.3, 0.4) is 0 Å². The molecule has 0 saturated carbocycles. The SMILES string of the molecule is CCN(CC)C/C1=C/c2ccccc2/C=C(/C)c2ccccc21. The molecule has 0 spiro atoms. The minimum atomic E-state index is 0.992. The molecule has 1 aliphatic rings. The van der Waals surface area contributed by atoms with Gasteiger partial charge in [-0.3, -0.25) is 4.90 Å². The predicted octanol–water partition coefficient (Wildman–Crippen LogP) is 5.44. The Balaban J connectivity index is 2.17. The van der Waals surface area contributed by atoms with Crippen molar-refractivity contribution in [2.75, 3.05) is 19.6 Å². The van der Waals surface area contributed by atoms with Crippen molar-refractivity contribution in [3.05, 3.63) is 70.8 Å². The van der Waals surface area contributed by atoms with Gasteiger partial charge in [-0.15, -0.1) is 0 Å². The zero-order chi connectivity index (χ0) is 16.2. The molecule has 1 heteroatoms. The number of hydrogen-bond donors (Lipinski definition) is 0. The van der Waals surface area contributed by atoms with Crippen molar-refractivity contribution in [1.82, 2.24) is 4.90 Å². The van der Waals surface area contributed by atoms with E-state index in [0.717, 1.165) is 19.6 Å². The fraction of sp³-hybridized carbons (Fsp3) is 0.273. The van der Waals surface area contributed by atoms with Crippen LogP contribution in [-0.2, 0) is 0 Å². The Bertz CT molecular complexity index is 748. The summed E-state index contributed by atoms with van der Waals surface area (Å²) < 4.78 is 0. The molecule has 3 rings (SSSR count). The van der Waals surface area contributed by atoms with Gasteiger partial charge in [0.2, 0.25) is 0 Å². The second kappa shape index (κ2) is 6.97. The number of likely N-dealkylation sites (N-methyl/N-ethyl adjacent to an activating group) is 1. The van der Waals surface area contributed by atoms with Gasteiger partial charge in [0.1, 0.15) is 0 Å². The Labute approximate surface area is 140 Å². The monoisotopic (exact) mass is 303 g/mol. The van der Waals surface area contributed by atoms with E-state index in [1.54, 1.807) is 0 Å². The Hall–Kier alpha value is -2.12. The molecule has 118 valence electrons. The van der Waals surface area contributed by atoms with Crippen LogP contribution in [0.4, 0.5) is 0 Å². The van der Waals surface area contributed by atoms with Crippen molar-refractivity contribution in [1.29, 1.82) is 0 Å². The summed E-state index contributed by atoms with van der Waals surface area (Å²) in [6, 6.07) is 17.5. The van der Waals surface area contributed by atoms with Gasteiger partial charge < -0.3 is 0 Å². The van der Waals surface area contributed by atoms with E-state index in [0.29, 0.717) is 0 Å². The van der Waals surface area contributed by atoms with Crippen LogP contribution in [0, 0.1) is 0 Å². The standard InChI is InChI=1S/C22H25N/c1-4-23(5-2)16-20-15-19-11-7-6-10-18(19)14-17(3)21-12-8-9-13-22(20)21/h6-15H,4-5,16H2,1-3H3/b17-14-,18-14?,19-15?,20-15-,21-17?,22-20?. The number of nitrogens with zero attached hydrogens (tertiary/aromatic N) is 1. The highest BCUT2D eigenvalue weighted by Crippen LogP contribution is 2.32. The Morgan fingerprint density at radius 1 is 0.739 bits per heavy atom. The second-order valence-electron chi connectivity index (χ2n) is 6.13. The van der Waals surface area contributed by atoms with Crippen molar-refractivity contribution in [3.8, 4) is 0 Å². The molecule has 1 aliphatic carbocycles. The lowest BCUT2D eigenvalue weighted by Crippen LogP contribution is -2.25. The van der Waals surface area contributed by atoms with E-state index >= 15 is 0 Å². The van der Waals surface area contributed by atoms with Crippen LogP contribution >= 0.6 is 0 Å². The molecule has 2 aromatic rings. The van der Waals surface area contributed by atoms with Crippen LogP contribution in [0.15, 0.2) is 48.5 Å². The molecule has 23 heavy (non-hydrogen) atoms. The van der Waals surface area contributed by atoms with Crippen LogP contribution in [0.5, 0.6) is 0 Å². The fourth-order valence-corrected chi connectivity index (χ4v) is 3.28. The molecule has 0 heterocycles. The molecule has 0 saturated heterocycles. The minimum Gasteiger partial charge on any atom is -0.300 e. The maximum Gasteiger partial charge on any atom is 0.0239 e. The Morgan fingerprint density at radius 2 is 1.30 bits per heavy atom. The maximum atomic E-state index is 2.48. The first-order chi connectivity index (χ1) is 11.2. The minimum absolute atomic E-state index is 0.992. The van der Waals surface area contributed by atoms with Gasteiger partial charge in [0.05, 0.1) is 0 Å². The van der Waals surface area contributed by atoms with Gasteiger partial charge >= 0.3 is 0 Å². The van der Waals surface area contributed by atoms with Gasteiger partial charge in [0.25, 0.3) is 0 Å². The summed E-state index contributed by atoms with van der Waals surface area (Å²) in [7, 11) is 0. The van der Waals surface area contributed by atoms with E-state index in [4.69, 9.17) is 0 Å². The first kappa shape index (κ1) is 15.8. The number of rotatable bonds is 4. The summed E-state index contributed by atoms with van der Waals surface area (Å²) in [6.45, 7) is 9.83. The third-order valence-corrected chi connectivity index (χ3v) is 4.68. The zero-order valence-corrected chi connectivity index (χ0v) is 14.3. The third kappa shape index (κ3) is 3.30. The number of fused-ring (bicyclic) bond motifs is 2. The summed E-state index contributed by atoms with van der Waals surface area (Å²) in [6.07, 6.45) is 4.67. The molecule has 0 fully saturated rings. The highest BCUT2D eigenvalue weighted by atomic mass is 15.1. The largest absolute Gasteiger partial charge is 0.300 e. The van der Waals surface area contributed by atoms with E-state index in [1.807, 2.05) is 0 Å². The molecule has 0 bridgehead atoms. The van der Waals surface area contributed by atoms with Crippen molar-refractivity contribution in [2.24, 2.45) is 0 Å². The van der Waals surface area contributed by atoms with E-state index in [9.17, 15) is 0 Å². The first-order valence-corrected chi connectivity index (χ1v) is 8.53. The summed E-state index contributed by atoms with van der Waals surface area (Å²) in [5.41, 5.74) is 8.06. The molecule has 2 aromatic carbocycles. The molecule has 0 aliphatic heterocycles. The summed E-state index contributed by atoms with van der Waals surface area (Å²) in [5, 5.41) is 0. The lowest BCUT2D eigenvalue weighted by molar-refractivity contribution is 0.342. The Morgan fingerprint density at radius 3 is 1.96 bits per heavy atom. The van der Waals surface area contributed by atoms with Crippen LogP contribution in [0.1, 0.15) is 43.0 Å². The average Bonchev–Trinajstić information content (AvgIpc) is 2.59. The zero-order valence-electron chi connectivity index (χ0n) is 14.3. The molecule has 0 N–H and O–H groups in total. The van der Waals surface area contributed by atoms with Crippen LogP contribution in [-0.4, -0.2) is 24.5 Å². The van der Waals surface area contributed by atoms with Crippen molar-refractivity contribution in [3.63, 3.8) is 0 Å². The van der Waals surface area contributed by atoms with E-state index in [1.165, 1.54) is 33.4 Å². The fourth-order valence-electron chi connectivity index (χ4n) is 3.28. The summed E-state index contributed by atoms with van der Waals surface area (Å²) in [5.74, 6) is 0. The van der Waals surface area contributed by atoms with E-state index in [-0.39, 0.29) is 0 Å². The van der Waals surface area contributed by atoms with Crippen molar-refractivity contribution < 1.29 is 0 Å². The molecule has 0 atom stereocenters.